The zero-order valence-electron chi connectivity index (χ0n) is 7.62. The van der Waals surface area contributed by atoms with Gasteiger partial charge in [-0.25, -0.2) is 13.2 Å². The molecule has 3 nitrogen and oxygen atoms in total. The van der Waals surface area contributed by atoms with Gasteiger partial charge in [0.05, 0.1) is 18.8 Å². The summed E-state index contributed by atoms with van der Waals surface area (Å²) in [6.07, 6.45) is -1.44. The Kier molecular flexibility index (Phi) is 3.67. The van der Waals surface area contributed by atoms with Crippen molar-refractivity contribution >= 4 is 0 Å². The lowest BCUT2D eigenvalue weighted by molar-refractivity contribution is 0.109. The third-order valence-electron chi connectivity index (χ3n) is 1.96. The smallest absolute Gasteiger partial charge is 0.194 e. The minimum absolute atomic E-state index is 0.215. The summed E-state index contributed by atoms with van der Waals surface area (Å²) in [6.45, 7) is -0.554. The van der Waals surface area contributed by atoms with Crippen molar-refractivity contribution in [3.8, 4) is 0 Å². The summed E-state index contributed by atoms with van der Waals surface area (Å²) in [5, 5.41) is 18.0. The predicted molar refractivity (Wildman–Crippen MR) is 46.3 cm³/mol. The molecular weight excluding hydrogens is 211 g/mol. The van der Waals surface area contributed by atoms with Crippen LogP contribution in [0.25, 0.3) is 0 Å². The first-order chi connectivity index (χ1) is 6.97. The molecule has 0 aliphatic rings. The maximum absolute atomic E-state index is 12.7. The summed E-state index contributed by atoms with van der Waals surface area (Å²) < 4.78 is 38.0. The highest BCUT2D eigenvalue weighted by atomic mass is 19.2. The molecule has 0 aromatic heterocycles. The summed E-state index contributed by atoms with van der Waals surface area (Å²) in [6, 6.07) is 0.200. The van der Waals surface area contributed by atoms with Gasteiger partial charge in [0, 0.05) is 0 Å². The standard InChI is InChI=1S/C9H10F3NO2/c10-5-1-4(2-6(11)8(5)12)9(15)7(13)3-14/h1-2,7,9,14-15H,3,13H2. The Morgan fingerprint density at radius 3 is 2.07 bits per heavy atom. The summed E-state index contributed by atoms with van der Waals surface area (Å²) in [7, 11) is 0. The molecule has 1 rings (SSSR count). The Bertz CT molecular complexity index is 336. The van der Waals surface area contributed by atoms with Crippen molar-refractivity contribution in [1.82, 2.24) is 0 Å². The summed E-state index contributed by atoms with van der Waals surface area (Å²) in [5.74, 6) is -4.42. The molecule has 2 atom stereocenters. The number of halogens is 3. The van der Waals surface area contributed by atoms with Gasteiger partial charge in [-0.2, -0.15) is 0 Å². The monoisotopic (exact) mass is 221 g/mol. The molecule has 0 saturated carbocycles. The molecule has 15 heavy (non-hydrogen) atoms. The lowest BCUT2D eigenvalue weighted by atomic mass is 10.0. The molecule has 84 valence electrons. The van der Waals surface area contributed by atoms with E-state index in [1.165, 1.54) is 0 Å². The van der Waals surface area contributed by atoms with Crippen molar-refractivity contribution in [2.75, 3.05) is 6.61 Å². The molecule has 2 unspecified atom stereocenters. The first kappa shape index (κ1) is 12.0. The van der Waals surface area contributed by atoms with Crippen LogP contribution in [0, 0.1) is 17.5 Å². The number of aliphatic hydroxyl groups excluding tert-OH is 2. The molecule has 4 N–H and O–H groups in total. The molecular formula is C9H10F3NO2. The van der Waals surface area contributed by atoms with Crippen LogP contribution < -0.4 is 5.73 Å². The zero-order valence-corrected chi connectivity index (χ0v) is 7.62. The van der Waals surface area contributed by atoms with E-state index < -0.39 is 36.2 Å². The Balaban J connectivity index is 3.06. The van der Waals surface area contributed by atoms with E-state index >= 15 is 0 Å². The average molecular weight is 221 g/mol. The minimum atomic E-state index is -1.61. The van der Waals surface area contributed by atoms with Gasteiger partial charge in [-0.15, -0.1) is 0 Å². The van der Waals surface area contributed by atoms with E-state index in [1.807, 2.05) is 0 Å². The van der Waals surface area contributed by atoms with Crippen LogP contribution in [0.1, 0.15) is 11.7 Å². The number of aliphatic hydroxyl groups is 2. The van der Waals surface area contributed by atoms with Crippen LogP contribution >= 0.6 is 0 Å². The fraction of sp³-hybridized carbons (Fsp3) is 0.333. The van der Waals surface area contributed by atoms with Crippen molar-refractivity contribution in [2.24, 2.45) is 5.73 Å². The van der Waals surface area contributed by atoms with Crippen molar-refractivity contribution in [2.45, 2.75) is 12.1 Å². The highest BCUT2D eigenvalue weighted by molar-refractivity contribution is 5.22. The van der Waals surface area contributed by atoms with Crippen LogP contribution in [0.15, 0.2) is 12.1 Å². The quantitative estimate of drug-likeness (QED) is 0.649. The zero-order chi connectivity index (χ0) is 11.6. The highest BCUT2D eigenvalue weighted by Crippen LogP contribution is 2.20. The fourth-order valence-corrected chi connectivity index (χ4v) is 1.09. The van der Waals surface area contributed by atoms with Gasteiger partial charge in [-0.05, 0) is 17.7 Å². The molecule has 0 amide bonds. The minimum Gasteiger partial charge on any atom is -0.395 e. The van der Waals surface area contributed by atoms with Gasteiger partial charge in [-0.3, -0.25) is 0 Å². The largest absolute Gasteiger partial charge is 0.395 e. The highest BCUT2D eigenvalue weighted by Gasteiger charge is 2.20. The van der Waals surface area contributed by atoms with Gasteiger partial charge in [0.25, 0.3) is 0 Å². The third-order valence-corrected chi connectivity index (χ3v) is 1.96. The van der Waals surface area contributed by atoms with Gasteiger partial charge >= 0.3 is 0 Å². The first-order valence-electron chi connectivity index (χ1n) is 4.16. The van der Waals surface area contributed by atoms with E-state index in [0.717, 1.165) is 0 Å². The third kappa shape index (κ3) is 2.47. The molecule has 0 radical (unpaired) electrons. The lowest BCUT2D eigenvalue weighted by Gasteiger charge is -2.17. The van der Waals surface area contributed by atoms with Crippen LogP contribution in [0.5, 0.6) is 0 Å². The number of nitrogens with two attached hydrogens (primary N) is 1. The van der Waals surface area contributed by atoms with Crippen molar-refractivity contribution < 1.29 is 23.4 Å². The Morgan fingerprint density at radius 1 is 1.20 bits per heavy atom. The second-order valence-electron chi connectivity index (χ2n) is 3.09. The van der Waals surface area contributed by atoms with Gasteiger partial charge in [-0.1, -0.05) is 0 Å². The molecule has 1 aromatic carbocycles. The Hall–Kier alpha value is -1.11. The SMILES string of the molecule is NC(CO)C(O)c1cc(F)c(F)c(F)c1. The van der Waals surface area contributed by atoms with E-state index in [-0.39, 0.29) is 5.56 Å². The number of rotatable bonds is 3. The lowest BCUT2D eigenvalue weighted by Crippen LogP contribution is -2.32. The Labute approximate surface area is 84.0 Å². The molecule has 0 heterocycles. The molecule has 6 heteroatoms. The van der Waals surface area contributed by atoms with E-state index in [2.05, 4.69) is 0 Å². The molecule has 0 fully saturated rings. The summed E-state index contributed by atoms with van der Waals surface area (Å²) in [5.41, 5.74) is 5.03. The van der Waals surface area contributed by atoms with Crippen LogP contribution in [-0.4, -0.2) is 22.9 Å². The summed E-state index contributed by atoms with van der Waals surface area (Å²) in [4.78, 5) is 0. The maximum atomic E-state index is 12.7. The average Bonchev–Trinajstić information content (AvgIpc) is 2.23. The number of hydrogen-bond donors (Lipinski definition) is 3. The van der Waals surface area contributed by atoms with E-state index in [4.69, 9.17) is 10.8 Å². The predicted octanol–water partition coefficient (Wildman–Crippen LogP) is 0.457. The Morgan fingerprint density at radius 2 is 1.67 bits per heavy atom. The molecule has 0 aliphatic carbocycles. The number of hydrogen-bond acceptors (Lipinski definition) is 3. The van der Waals surface area contributed by atoms with Crippen LogP contribution in [-0.2, 0) is 0 Å². The van der Waals surface area contributed by atoms with Crippen molar-refractivity contribution in [1.29, 1.82) is 0 Å². The van der Waals surface area contributed by atoms with E-state index in [1.54, 1.807) is 0 Å². The van der Waals surface area contributed by atoms with E-state index in [0.29, 0.717) is 12.1 Å². The molecule has 0 saturated heterocycles. The van der Waals surface area contributed by atoms with Gasteiger partial charge < -0.3 is 15.9 Å². The van der Waals surface area contributed by atoms with Gasteiger partial charge in [0.15, 0.2) is 17.5 Å². The second-order valence-corrected chi connectivity index (χ2v) is 3.09. The van der Waals surface area contributed by atoms with E-state index in [9.17, 15) is 18.3 Å². The number of benzene rings is 1. The first-order valence-corrected chi connectivity index (χ1v) is 4.16. The molecule has 0 spiro atoms. The van der Waals surface area contributed by atoms with Crippen LogP contribution in [0.4, 0.5) is 13.2 Å². The van der Waals surface area contributed by atoms with Crippen LogP contribution in [0.2, 0.25) is 0 Å². The van der Waals surface area contributed by atoms with Gasteiger partial charge in [0.2, 0.25) is 0 Å². The van der Waals surface area contributed by atoms with Crippen molar-refractivity contribution in [3.63, 3.8) is 0 Å². The normalized spacial score (nSPS) is 15.1. The molecule has 1 aromatic rings. The topological polar surface area (TPSA) is 66.5 Å². The van der Waals surface area contributed by atoms with Crippen LogP contribution in [0.3, 0.4) is 0 Å². The summed E-state index contributed by atoms with van der Waals surface area (Å²) >= 11 is 0. The fourth-order valence-electron chi connectivity index (χ4n) is 1.09. The molecule has 0 aliphatic heterocycles. The molecule has 0 bridgehead atoms. The maximum Gasteiger partial charge on any atom is 0.194 e. The second kappa shape index (κ2) is 4.61. The van der Waals surface area contributed by atoms with Gasteiger partial charge in [0.1, 0.15) is 0 Å². The van der Waals surface area contributed by atoms with Crippen molar-refractivity contribution in [3.05, 3.63) is 35.1 Å².